The highest BCUT2D eigenvalue weighted by molar-refractivity contribution is 5.86. The van der Waals surface area contributed by atoms with Gasteiger partial charge in [-0.25, -0.2) is 0 Å². The van der Waals surface area contributed by atoms with Crippen molar-refractivity contribution < 1.29 is 19.4 Å². The highest BCUT2D eigenvalue weighted by Crippen LogP contribution is 2.34. The maximum Gasteiger partial charge on any atom is 0.201 e. The first-order valence-corrected chi connectivity index (χ1v) is 10.6. The Morgan fingerprint density at radius 1 is 1.03 bits per heavy atom. The maximum atomic E-state index is 12.4. The second-order valence-electron chi connectivity index (χ2n) is 7.91. The van der Waals surface area contributed by atoms with Gasteiger partial charge in [0.2, 0.25) is 5.75 Å². The predicted molar refractivity (Wildman–Crippen MR) is 121 cm³/mol. The summed E-state index contributed by atoms with van der Waals surface area (Å²) in [5.74, 6) is -0.401. The molecule has 0 aliphatic carbocycles. The molecule has 1 fully saturated rings. The summed E-state index contributed by atoms with van der Waals surface area (Å²) in [7, 11) is 2.07. The molecular weight excluding hydrogens is 396 g/mol. The van der Waals surface area contributed by atoms with E-state index in [2.05, 4.69) is 16.8 Å². The normalized spacial score (nSPS) is 14.7. The second kappa shape index (κ2) is 9.41. The van der Waals surface area contributed by atoms with Gasteiger partial charge in [0.15, 0.2) is 16.8 Å². The third-order valence-corrected chi connectivity index (χ3v) is 5.76. The van der Waals surface area contributed by atoms with Crippen LogP contribution >= 0.6 is 0 Å². The Bertz CT molecular complexity index is 1090. The molecule has 0 unspecified atom stereocenters. The molecule has 0 spiro atoms. The quantitative estimate of drug-likeness (QED) is 0.444. The fourth-order valence-electron chi connectivity index (χ4n) is 3.86. The lowest BCUT2D eigenvalue weighted by Crippen LogP contribution is -2.37. The van der Waals surface area contributed by atoms with Crippen LogP contribution in [0.15, 0.2) is 51.7 Å². The molecule has 7 heteroatoms. The van der Waals surface area contributed by atoms with E-state index in [1.54, 1.807) is 0 Å². The largest absolute Gasteiger partial charge is 0.504 e. The van der Waals surface area contributed by atoms with E-state index < -0.39 is 5.75 Å². The lowest BCUT2D eigenvalue weighted by molar-refractivity contribution is 0.0372. The summed E-state index contributed by atoms with van der Waals surface area (Å²) in [5.41, 5.74) is 1.53. The fraction of sp³-hybridized carbons (Fsp3) is 0.375. The van der Waals surface area contributed by atoms with Crippen molar-refractivity contribution in [1.29, 1.82) is 0 Å². The van der Waals surface area contributed by atoms with E-state index in [4.69, 9.17) is 9.15 Å². The summed E-state index contributed by atoms with van der Waals surface area (Å²) in [6.45, 7) is 5.80. The Morgan fingerprint density at radius 3 is 2.52 bits per heavy atom. The summed E-state index contributed by atoms with van der Waals surface area (Å²) in [6.07, 6.45) is 2.26. The maximum absolute atomic E-state index is 12.4. The number of benzene rings is 2. The van der Waals surface area contributed by atoms with Crippen LogP contribution in [0, 0.1) is 0 Å². The summed E-state index contributed by atoms with van der Waals surface area (Å²) in [6, 6.07) is 11.9. The van der Waals surface area contributed by atoms with E-state index in [-0.39, 0.29) is 22.1 Å². The highest BCUT2D eigenvalue weighted by Gasteiger charge is 2.14. The van der Waals surface area contributed by atoms with E-state index in [0.717, 1.165) is 63.5 Å². The van der Waals surface area contributed by atoms with Crippen molar-refractivity contribution in [3.63, 3.8) is 0 Å². The van der Waals surface area contributed by atoms with Crippen molar-refractivity contribution in [2.75, 3.05) is 51.3 Å². The van der Waals surface area contributed by atoms with Crippen molar-refractivity contribution in [3.8, 4) is 22.8 Å². The van der Waals surface area contributed by atoms with E-state index in [0.29, 0.717) is 5.76 Å². The molecule has 0 atom stereocenters. The van der Waals surface area contributed by atoms with Crippen molar-refractivity contribution in [2.45, 2.75) is 12.8 Å². The van der Waals surface area contributed by atoms with E-state index in [9.17, 15) is 15.0 Å². The number of morpholine rings is 1. The number of rotatable bonds is 7. The van der Waals surface area contributed by atoms with Gasteiger partial charge in [0.05, 0.1) is 18.6 Å². The average molecular weight is 424 g/mol. The molecule has 7 nitrogen and oxygen atoms in total. The second-order valence-corrected chi connectivity index (χ2v) is 7.91. The van der Waals surface area contributed by atoms with Gasteiger partial charge in [-0.3, -0.25) is 9.69 Å². The predicted octanol–water partition coefficient (Wildman–Crippen LogP) is 3.42. The summed E-state index contributed by atoms with van der Waals surface area (Å²) in [4.78, 5) is 17.1. The Kier molecular flexibility index (Phi) is 6.44. The number of phenolic OH excluding ortho intramolecular Hbond substituents is 2. The van der Waals surface area contributed by atoms with Crippen LogP contribution in [0.3, 0.4) is 0 Å². The first-order valence-electron chi connectivity index (χ1n) is 10.6. The molecule has 2 N–H and O–H groups in total. The number of ether oxygens (including phenoxy) is 1. The molecule has 0 amide bonds. The van der Waals surface area contributed by atoms with Crippen molar-refractivity contribution in [2.24, 2.45) is 0 Å². The Labute approximate surface area is 181 Å². The molecule has 2 heterocycles. The molecule has 1 aliphatic heterocycles. The van der Waals surface area contributed by atoms with Gasteiger partial charge in [-0.1, -0.05) is 0 Å². The molecule has 2 aromatic carbocycles. The van der Waals surface area contributed by atoms with Crippen LogP contribution in [-0.4, -0.2) is 61.6 Å². The third-order valence-electron chi connectivity index (χ3n) is 5.76. The first-order chi connectivity index (χ1) is 15.0. The van der Waals surface area contributed by atoms with Crippen LogP contribution < -0.4 is 10.3 Å². The zero-order valence-electron chi connectivity index (χ0n) is 17.7. The Hall–Kier alpha value is -3.03. The van der Waals surface area contributed by atoms with Gasteiger partial charge < -0.3 is 24.3 Å². The average Bonchev–Trinajstić information content (AvgIpc) is 2.80. The van der Waals surface area contributed by atoms with E-state index >= 15 is 0 Å². The topological polar surface area (TPSA) is 86.4 Å². The molecule has 0 radical (unpaired) electrons. The zero-order chi connectivity index (χ0) is 21.8. The lowest BCUT2D eigenvalue weighted by atomic mass is 10.1. The van der Waals surface area contributed by atoms with Gasteiger partial charge >= 0.3 is 0 Å². The minimum Gasteiger partial charge on any atom is -0.504 e. The van der Waals surface area contributed by atoms with Gasteiger partial charge in [-0.05, 0) is 55.8 Å². The molecular formula is C24H28N2O5. The van der Waals surface area contributed by atoms with E-state index in [1.165, 1.54) is 18.2 Å². The molecule has 1 aliphatic rings. The number of anilines is 1. The molecule has 164 valence electrons. The fourth-order valence-corrected chi connectivity index (χ4v) is 3.86. The van der Waals surface area contributed by atoms with Crippen molar-refractivity contribution >= 4 is 16.7 Å². The van der Waals surface area contributed by atoms with Crippen LogP contribution in [0.4, 0.5) is 5.69 Å². The summed E-state index contributed by atoms with van der Waals surface area (Å²) < 4.78 is 11.1. The smallest absolute Gasteiger partial charge is 0.201 e. The van der Waals surface area contributed by atoms with Crippen LogP contribution in [-0.2, 0) is 4.74 Å². The number of unbranched alkanes of at least 4 members (excludes halogenated alkanes) is 1. The summed E-state index contributed by atoms with van der Waals surface area (Å²) in [5, 5.41) is 20.0. The number of aromatic hydroxyl groups is 2. The number of phenols is 2. The van der Waals surface area contributed by atoms with Gasteiger partial charge in [0.25, 0.3) is 0 Å². The Morgan fingerprint density at radius 2 is 1.77 bits per heavy atom. The van der Waals surface area contributed by atoms with Crippen LogP contribution in [0.2, 0.25) is 0 Å². The zero-order valence-corrected chi connectivity index (χ0v) is 17.7. The van der Waals surface area contributed by atoms with Gasteiger partial charge in [-0.2, -0.15) is 0 Å². The number of hydrogen-bond acceptors (Lipinski definition) is 7. The van der Waals surface area contributed by atoms with Gasteiger partial charge in [-0.15, -0.1) is 0 Å². The SMILES string of the molecule is CN(CCCCN1CCOCC1)c1ccc(-c2cc(=O)c3ccc(O)c(O)c3o2)cc1. The number of fused-ring (bicyclic) bond motifs is 1. The van der Waals surface area contributed by atoms with Crippen molar-refractivity contribution in [3.05, 3.63) is 52.7 Å². The van der Waals surface area contributed by atoms with Crippen LogP contribution in [0.1, 0.15) is 12.8 Å². The minimum absolute atomic E-state index is 0.0102. The Balaban J connectivity index is 1.40. The lowest BCUT2D eigenvalue weighted by Gasteiger charge is -2.27. The molecule has 31 heavy (non-hydrogen) atoms. The van der Waals surface area contributed by atoms with Crippen LogP contribution in [0.5, 0.6) is 11.5 Å². The molecule has 0 bridgehead atoms. The summed E-state index contributed by atoms with van der Waals surface area (Å²) >= 11 is 0. The standard InChI is InChI=1S/C24H28N2O5/c1-25(10-2-3-11-26-12-14-30-15-13-26)18-6-4-17(5-7-18)22-16-21(28)19-8-9-20(27)23(29)24(19)31-22/h4-9,16,27,29H,2-3,10-15H2,1H3. The molecule has 3 aromatic rings. The molecule has 4 rings (SSSR count). The molecule has 0 saturated carbocycles. The molecule has 1 aromatic heterocycles. The van der Waals surface area contributed by atoms with E-state index in [1.807, 2.05) is 24.3 Å². The van der Waals surface area contributed by atoms with Gasteiger partial charge in [0.1, 0.15) is 5.76 Å². The van der Waals surface area contributed by atoms with Crippen molar-refractivity contribution in [1.82, 2.24) is 4.90 Å². The highest BCUT2D eigenvalue weighted by atomic mass is 16.5. The number of nitrogens with zero attached hydrogens (tertiary/aromatic N) is 2. The monoisotopic (exact) mass is 424 g/mol. The first kappa shape index (κ1) is 21.2. The minimum atomic E-state index is -0.426. The van der Waals surface area contributed by atoms with Gasteiger partial charge in [0, 0.05) is 44.0 Å². The molecule has 1 saturated heterocycles. The van der Waals surface area contributed by atoms with Crippen LogP contribution in [0.25, 0.3) is 22.3 Å². The number of hydrogen-bond donors (Lipinski definition) is 2. The third kappa shape index (κ3) is 4.84.